The van der Waals surface area contributed by atoms with Gasteiger partial charge in [0.25, 0.3) is 0 Å². The third-order valence-electron chi connectivity index (χ3n) is 5.63. The molecule has 1 amide bonds. The number of amides is 1. The summed E-state index contributed by atoms with van der Waals surface area (Å²) in [5, 5.41) is 11.4. The first-order valence-corrected chi connectivity index (χ1v) is 9.61. The smallest absolute Gasteiger partial charge is 0.410 e. The minimum Gasteiger partial charge on any atom is -0.445 e. The van der Waals surface area contributed by atoms with Crippen LogP contribution in [0.1, 0.15) is 29.5 Å². The fraction of sp³-hybridized carbons (Fsp3) is 0.348. The molecule has 146 valence electrons. The van der Waals surface area contributed by atoms with Crippen molar-refractivity contribution < 1.29 is 19.4 Å². The van der Waals surface area contributed by atoms with Crippen molar-refractivity contribution >= 4 is 12.2 Å². The third-order valence-corrected chi connectivity index (χ3v) is 5.63. The van der Waals surface area contributed by atoms with E-state index in [-0.39, 0.29) is 24.8 Å². The van der Waals surface area contributed by atoms with Crippen LogP contribution in [-0.4, -0.2) is 41.4 Å². The standard InChI is InChI=1S/C23H25NO4/c1-2-17-9-6-10-19(11-17)23(26)12-20-15-27-16-21(13-23)24(20)22(25)28-14-18-7-4-3-5-8-18/h2-11,20-21,26H,1,12-16H2. The summed E-state index contributed by atoms with van der Waals surface area (Å²) in [6, 6.07) is 17.0. The average Bonchev–Trinajstić information content (AvgIpc) is 2.72. The number of carbonyl (C=O) groups is 1. The lowest BCUT2D eigenvalue weighted by Gasteiger charge is -2.51. The quantitative estimate of drug-likeness (QED) is 0.880. The second kappa shape index (κ2) is 7.78. The number of hydrogen-bond acceptors (Lipinski definition) is 4. The van der Waals surface area contributed by atoms with E-state index in [4.69, 9.17) is 9.47 Å². The summed E-state index contributed by atoms with van der Waals surface area (Å²) in [4.78, 5) is 14.5. The molecule has 5 nitrogen and oxygen atoms in total. The Kier molecular flexibility index (Phi) is 5.20. The highest BCUT2D eigenvalue weighted by molar-refractivity contribution is 5.69. The number of rotatable bonds is 4. The fourth-order valence-electron chi connectivity index (χ4n) is 4.26. The van der Waals surface area contributed by atoms with E-state index in [1.165, 1.54) is 0 Å². The van der Waals surface area contributed by atoms with Gasteiger partial charge in [-0.15, -0.1) is 0 Å². The van der Waals surface area contributed by atoms with Gasteiger partial charge in [0, 0.05) is 12.8 Å². The predicted molar refractivity (Wildman–Crippen MR) is 107 cm³/mol. The summed E-state index contributed by atoms with van der Waals surface area (Å²) in [6.07, 6.45) is 2.27. The molecule has 0 radical (unpaired) electrons. The number of hydrogen-bond donors (Lipinski definition) is 1. The molecule has 2 aliphatic rings. The Hall–Kier alpha value is -2.63. The van der Waals surface area contributed by atoms with E-state index in [2.05, 4.69) is 6.58 Å². The lowest BCUT2D eigenvalue weighted by atomic mass is 9.76. The molecule has 2 aliphatic heterocycles. The first kappa shape index (κ1) is 18.7. The number of aliphatic hydroxyl groups is 1. The Morgan fingerprint density at radius 2 is 1.89 bits per heavy atom. The van der Waals surface area contributed by atoms with Crippen molar-refractivity contribution in [2.75, 3.05) is 13.2 Å². The fourth-order valence-corrected chi connectivity index (χ4v) is 4.26. The van der Waals surface area contributed by atoms with Gasteiger partial charge in [0.1, 0.15) is 6.61 Å². The minimum absolute atomic E-state index is 0.215. The molecule has 0 saturated carbocycles. The van der Waals surface area contributed by atoms with Gasteiger partial charge in [0.15, 0.2) is 0 Å². The molecule has 0 aromatic heterocycles. The van der Waals surface area contributed by atoms with E-state index in [1.807, 2.05) is 54.6 Å². The molecule has 0 spiro atoms. The molecule has 2 unspecified atom stereocenters. The molecule has 2 heterocycles. The molecular weight excluding hydrogens is 354 g/mol. The maximum atomic E-state index is 12.8. The van der Waals surface area contributed by atoms with E-state index >= 15 is 0 Å². The molecule has 2 aromatic rings. The molecule has 5 heteroatoms. The normalized spacial score (nSPS) is 26.5. The van der Waals surface area contributed by atoms with Crippen molar-refractivity contribution in [2.45, 2.75) is 37.1 Å². The Morgan fingerprint density at radius 1 is 1.18 bits per heavy atom. The Morgan fingerprint density at radius 3 is 2.57 bits per heavy atom. The van der Waals surface area contributed by atoms with Gasteiger partial charge in [-0.25, -0.2) is 4.79 Å². The number of piperidine rings is 1. The van der Waals surface area contributed by atoms with E-state index in [0.29, 0.717) is 26.1 Å². The molecule has 2 atom stereocenters. The SMILES string of the molecule is C=Cc1cccc(C2(O)CC3COCC(C2)N3C(=O)OCc2ccccc2)c1. The van der Waals surface area contributed by atoms with Crippen LogP contribution in [-0.2, 0) is 21.7 Å². The topological polar surface area (TPSA) is 59.0 Å². The van der Waals surface area contributed by atoms with E-state index in [9.17, 15) is 9.90 Å². The molecule has 0 aliphatic carbocycles. The van der Waals surface area contributed by atoms with Crippen molar-refractivity contribution in [1.82, 2.24) is 4.90 Å². The predicted octanol–water partition coefficient (Wildman–Crippen LogP) is 3.72. The maximum absolute atomic E-state index is 12.8. The van der Waals surface area contributed by atoms with Crippen LogP contribution in [0.3, 0.4) is 0 Å². The number of morpholine rings is 1. The Balaban J connectivity index is 1.50. The third kappa shape index (κ3) is 3.68. The highest BCUT2D eigenvalue weighted by atomic mass is 16.6. The lowest BCUT2D eigenvalue weighted by Crippen LogP contribution is -2.62. The molecule has 1 N–H and O–H groups in total. The van der Waals surface area contributed by atoms with Crippen LogP contribution >= 0.6 is 0 Å². The number of nitrogens with zero attached hydrogens (tertiary/aromatic N) is 1. The van der Waals surface area contributed by atoms with E-state index in [0.717, 1.165) is 16.7 Å². The van der Waals surface area contributed by atoms with Gasteiger partial charge in [0.2, 0.25) is 0 Å². The van der Waals surface area contributed by atoms with Crippen LogP contribution < -0.4 is 0 Å². The van der Waals surface area contributed by atoms with Crippen LogP contribution in [0.15, 0.2) is 61.2 Å². The van der Waals surface area contributed by atoms with E-state index in [1.54, 1.807) is 11.0 Å². The number of fused-ring (bicyclic) bond motifs is 2. The summed E-state index contributed by atoms with van der Waals surface area (Å²) in [5.74, 6) is 0. The number of benzene rings is 2. The summed E-state index contributed by atoms with van der Waals surface area (Å²) < 4.78 is 11.2. The van der Waals surface area contributed by atoms with Crippen LogP contribution in [0.2, 0.25) is 0 Å². The van der Waals surface area contributed by atoms with Gasteiger partial charge in [-0.3, -0.25) is 4.90 Å². The molecular formula is C23H25NO4. The zero-order valence-corrected chi connectivity index (χ0v) is 15.8. The van der Waals surface area contributed by atoms with Gasteiger partial charge < -0.3 is 14.6 Å². The summed E-state index contributed by atoms with van der Waals surface area (Å²) in [5.41, 5.74) is 1.79. The van der Waals surface area contributed by atoms with Crippen molar-refractivity contribution in [1.29, 1.82) is 0 Å². The highest BCUT2D eigenvalue weighted by Crippen LogP contribution is 2.41. The van der Waals surface area contributed by atoms with Crippen molar-refractivity contribution in [3.8, 4) is 0 Å². The zero-order chi connectivity index (χ0) is 19.6. The van der Waals surface area contributed by atoms with Crippen LogP contribution in [0.5, 0.6) is 0 Å². The number of ether oxygens (including phenoxy) is 2. The van der Waals surface area contributed by atoms with Crippen LogP contribution in [0, 0.1) is 0 Å². The van der Waals surface area contributed by atoms with Crippen molar-refractivity contribution in [3.63, 3.8) is 0 Å². The molecule has 2 saturated heterocycles. The first-order chi connectivity index (χ1) is 13.6. The molecule has 28 heavy (non-hydrogen) atoms. The maximum Gasteiger partial charge on any atom is 0.410 e. The van der Waals surface area contributed by atoms with Crippen molar-refractivity contribution in [2.24, 2.45) is 0 Å². The Bertz CT molecular complexity index is 837. The van der Waals surface area contributed by atoms with Gasteiger partial charge in [-0.05, 0) is 22.8 Å². The van der Waals surface area contributed by atoms with Gasteiger partial charge in [-0.1, -0.05) is 61.2 Å². The Labute approximate surface area is 165 Å². The summed E-state index contributed by atoms with van der Waals surface area (Å²) >= 11 is 0. The summed E-state index contributed by atoms with van der Waals surface area (Å²) in [6.45, 7) is 4.85. The minimum atomic E-state index is -0.992. The monoisotopic (exact) mass is 379 g/mol. The second-order valence-electron chi connectivity index (χ2n) is 7.56. The second-order valence-corrected chi connectivity index (χ2v) is 7.56. The van der Waals surface area contributed by atoms with E-state index < -0.39 is 5.60 Å². The first-order valence-electron chi connectivity index (χ1n) is 9.61. The largest absolute Gasteiger partial charge is 0.445 e. The molecule has 4 rings (SSSR count). The molecule has 2 bridgehead atoms. The number of carbonyl (C=O) groups excluding carboxylic acids is 1. The van der Waals surface area contributed by atoms with Gasteiger partial charge in [-0.2, -0.15) is 0 Å². The molecule has 2 fully saturated rings. The van der Waals surface area contributed by atoms with Gasteiger partial charge >= 0.3 is 6.09 Å². The summed E-state index contributed by atoms with van der Waals surface area (Å²) in [7, 11) is 0. The van der Waals surface area contributed by atoms with Crippen molar-refractivity contribution in [3.05, 3.63) is 77.9 Å². The zero-order valence-electron chi connectivity index (χ0n) is 15.8. The van der Waals surface area contributed by atoms with Gasteiger partial charge in [0.05, 0.1) is 30.9 Å². The van der Waals surface area contributed by atoms with Crippen LogP contribution in [0.25, 0.3) is 6.08 Å². The average molecular weight is 379 g/mol. The van der Waals surface area contributed by atoms with Crippen LogP contribution in [0.4, 0.5) is 4.79 Å². The molecule has 2 aromatic carbocycles. The lowest BCUT2D eigenvalue weighted by molar-refractivity contribution is -0.136. The highest BCUT2D eigenvalue weighted by Gasteiger charge is 2.49.